The van der Waals surface area contributed by atoms with Crippen molar-refractivity contribution in [3.05, 3.63) is 115 Å². The number of aromatic nitrogens is 1. The van der Waals surface area contributed by atoms with E-state index in [4.69, 9.17) is 14.2 Å². The summed E-state index contributed by atoms with van der Waals surface area (Å²) >= 11 is 0. The summed E-state index contributed by atoms with van der Waals surface area (Å²) in [7, 11) is 0. The van der Waals surface area contributed by atoms with Gasteiger partial charge in [-0.2, -0.15) is 0 Å². The number of hydrogen-bond acceptors (Lipinski definition) is 3. The van der Waals surface area contributed by atoms with Crippen LogP contribution < -0.4 is 47.0 Å². The molecule has 0 spiro atoms. The second-order valence-corrected chi connectivity index (χ2v) is 11.6. The molecule has 0 fully saturated rings. The molecular formula is C36H19B2NO3. The van der Waals surface area contributed by atoms with Crippen LogP contribution in [0.15, 0.2) is 115 Å². The summed E-state index contributed by atoms with van der Waals surface area (Å²) in [5.41, 5.74) is 10.6. The Kier molecular flexibility index (Phi) is 3.71. The molecule has 11 rings (SSSR count). The largest absolute Gasteiger partial charge is 0.458 e. The highest BCUT2D eigenvalue weighted by molar-refractivity contribution is 7.00. The number of benzene rings is 6. The van der Waals surface area contributed by atoms with Crippen LogP contribution in [0.3, 0.4) is 0 Å². The summed E-state index contributed by atoms with van der Waals surface area (Å²) in [4.78, 5) is 0. The van der Waals surface area contributed by atoms with Crippen molar-refractivity contribution in [3.8, 4) is 40.2 Å². The van der Waals surface area contributed by atoms with Crippen LogP contribution in [0.25, 0.3) is 27.5 Å². The minimum atomic E-state index is 0.00357. The van der Waals surface area contributed by atoms with E-state index >= 15 is 0 Å². The molecule has 0 amide bonds. The molecule has 0 aliphatic carbocycles. The van der Waals surface area contributed by atoms with Gasteiger partial charge < -0.3 is 18.8 Å². The van der Waals surface area contributed by atoms with Gasteiger partial charge in [-0.3, -0.25) is 0 Å². The van der Waals surface area contributed by atoms with Gasteiger partial charge in [-0.1, -0.05) is 78.9 Å². The molecule has 4 nitrogen and oxygen atoms in total. The molecule has 4 aliphatic heterocycles. The SMILES string of the molecule is c1ccc2c(c1)Oc1cccc3c1B2c1ccc2c(c1O3)Oc1cccc3c1B2c1cccc2c4ccccc4n-3c12. The Labute approximate surface area is 241 Å². The van der Waals surface area contributed by atoms with Gasteiger partial charge in [0.15, 0.2) is 11.5 Å². The van der Waals surface area contributed by atoms with Crippen molar-refractivity contribution in [2.24, 2.45) is 0 Å². The van der Waals surface area contributed by atoms with Crippen molar-refractivity contribution in [3.63, 3.8) is 0 Å². The monoisotopic (exact) mass is 535 g/mol. The van der Waals surface area contributed by atoms with Gasteiger partial charge in [0.05, 0.1) is 5.52 Å². The lowest BCUT2D eigenvalue weighted by molar-refractivity contribution is 0.420. The van der Waals surface area contributed by atoms with Crippen LogP contribution in [0.4, 0.5) is 0 Å². The molecule has 6 aromatic carbocycles. The minimum Gasteiger partial charge on any atom is -0.458 e. The average Bonchev–Trinajstić information content (AvgIpc) is 3.38. The standard InChI is InChI=1S/C36H19B2NO3/c1-3-12-26-20(8-1)21-9-5-11-23-34(21)39(26)27-13-6-15-29-32(27)38(23)25-19-18-24-35(36(25)41-29)42-31-17-7-16-30-33(31)37(24)22-10-2-4-14-28(22)40-30/h1-19H. The summed E-state index contributed by atoms with van der Waals surface area (Å²) in [6.07, 6.45) is 0. The van der Waals surface area contributed by atoms with E-state index in [1.54, 1.807) is 0 Å². The summed E-state index contributed by atoms with van der Waals surface area (Å²) in [5, 5.41) is 2.55. The molecule has 0 saturated heterocycles. The third kappa shape index (κ3) is 2.41. The first kappa shape index (κ1) is 21.4. The van der Waals surface area contributed by atoms with Gasteiger partial charge in [0.25, 0.3) is 13.4 Å². The fraction of sp³-hybridized carbons (Fsp3) is 0. The van der Waals surface area contributed by atoms with Gasteiger partial charge in [0, 0.05) is 27.4 Å². The van der Waals surface area contributed by atoms with Crippen molar-refractivity contribution in [1.29, 1.82) is 0 Å². The fourth-order valence-corrected chi connectivity index (χ4v) is 7.99. The molecule has 0 unspecified atom stereocenters. The second-order valence-electron chi connectivity index (χ2n) is 11.6. The van der Waals surface area contributed by atoms with Gasteiger partial charge >= 0.3 is 0 Å². The van der Waals surface area contributed by atoms with Crippen LogP contribution in [0.2, 0.25) is 0 Å². The second kappa shape index (κ2) is 7.29. The molecule has 0 radical (unpaired) electrons. The third-order valence-corrected chi connectivity index (χ3v) is 9.59. The van der Waals surface area contributed by atoms with Gasteiger partial charge in [0.2, 0.25) is 0 Å². The Bertz CT molecular complexity index is 2380. The lowest BCUT2D eigenvalue weighted by Gasteiger charge is -2.37. The molecular weight excluding hydrogens is 516 g/mol. The Morgan fingerprint density at radius 3 is 1.88 bits per heavy atom. The Morgan fingerprint density at radius 1 is 0.429 bits per heavy atom. The molecule has 0 bridgehead atoms. The van der Waals surface area contributed by atoms with E-state index in [-0.39, 0.29) is 13.4 Å². The van der Waals surface area contributed by atoms with Crippen LogP contribution in [-0.4, -0.2) is 18.0 Å². The predicted molar refractivity (Wildman–Crippen MR) is 170 cm³/mol. The number of rotatable bonds is 0. The third-order valence-electron chi connectivity index (χ3n) is 9.59. The zero-order chi connectivity index (χ0) is 27.1. The first-order chi connectivity index (χ1) is 20.8. The summed E-state index contributed by atoms with van der Waals surface area (Å²) in [6, 6.07) is 40.8. The average molecular weight is 535 g/mol. The first-order valence-electron chi connectivity index (χ1n) is 14.4. The maximum Gasteiger partial charge on any atom is 0.260 e. The van der Waals surface area contributed by atoms with Crippen molar-refractivity contribution in [2.75, 3.05) is 0 Å². The summed E-state index contributed by atoms with van der Waals surface area (Å²) in [5.74, 6) is 5.05. The molecule has 42 heavy (non-hydrogen) atoms. The van der Waals surface area contributed by atoms with Crippen molar-refractivity contribution in [1.82, 2.24) is 4.57 Å². The van der Waals surface area contributed by atoms with Crippen molar-refractivity contribution in [2.45, 2.75) is 0 Å². The topological polar surface area (TPSA) is 32.6 Å². The molecule has 192 valence electrons. The Morgan fingerprint density at radius 2 is 1.02 bits per heavy atom. The molecule has 0 atom stereocenters. The Hall–Kier alpha value is -5.35. The van der Waals surface area contributed by atoms with Crippen LogP contribution in [0.5, 0.6) is 34.5 Å². The minimum absolute atomic E-state index is 0.00357. The van der Waals surface area contributed by atoms with Gasteiger partial charge in [-0.25, -0.2) is 0 Å². The van der Waals surface area contributed by atoms with E-state index in [0.717, 1.165) is 56.3 Å². The fourth-order valence-electron chi connectivity index (χ4n) is 7.99. The van der Waals surface area contributed by atoms with Crippen LogP contribution in [0, 0.1) is 0 Å². The molecule has 5 heterocycles. The molecule has 7 aromatic rings. The maximum atomic E-state index is 6.90. The van der Waals surface area contributed by atoms with E-state index in [2.05, 4.69) is 95.6 Å². The smallest absolute Gasteiger partial charge is 0.260 e. The molecule has 4 aliphatic rings. The molecule has 0 saturated carbocycles. The molecule has 0 N–H and O–H groups in total. The van der Waals surface area contributed by atoms with E-state index in [0.29, 0.717) is 0 Å². The van der Waals surface area contributed by atoms with Crippen LogP contribution >= 0.6 is 0 Å². The van der Waals surface area contributed by atoms with E-state index < -0.39 is 0 Å². The quantitative estimate of drug-likeness (QED) is 0.269. The highest BCUT2D eigenvalue weighted by Gasteiger charge is 2.45. The van der Waals surface area contributed by atoms with E-state index in [1.165, 1.54) is 38.4 Å². The Balaban J connectivity index is 1.22. The van der Waals surface area contributed by atoms with E-state index in [9.17, 15) is 0 Å². The van der Waals surface area contributed by atoms with Gasteiger partial charge in [-0.15, -0.1) is 0 Å². The van der Waals surface area contributed by atoms with Crippen molar-refractivity contribution < 1.29 is 14.2 Å². The lowest BCUT2D eigenvalue weighted by atomic mass is 9.32. The number of hydrogen-bond donors (Lipinski definition) is 0. The zero-order valence-corrected chi connectivity index (χ0v) is 22.3. The number of ether oxygens (including phenoxy) is 3. The van der Waals surface area contributed by atoms with Crippen LogP contribution in [-0.2, 0) is 0 Å². The first-order valence-corrected chi connectivity index (χ1v) is 14.4. The van der Waals surface area contributed by atoms with E-state index in [1.807, 2.05) is 24.3 Å². The van der Waals surface area contributed by atoms with Gasteiger partial charge in [0.1, 0.15) is 23.0 Å². The lowest BCUT2D eigenvalue weighted by Crippen LogP contribution is -2.61. The normalized spacial score (nSPS) is 14.2. The summed E-state index contributed by atoms with van der Waals surface area (Å²) < 4.78 is 22.4. The predicted octanol–water partition coefficient (Wildman–Crippen LogP) is 4.45. The molecule has 1 aromatic heterocycles. The van der Waals surface area contributed by atoms with Crippen LogP contribution in [0.1, 0.15) is 0 Å². The maximum absolute atomic E-state index is 6.90. The van der Waals surface area contributed by atoms with Crippen molar-refractivity contribution >= 4 is 68.0 Å². The number of fused-ring (bicyclic) bond motifs is 12. The highest BCUT2D eigenvalue weighted by atomic mass is 16.5. The highest BCUT2D eigenvalue weighted by Crippen LogP contribution is 2.42. The number of para-hydroxylation sites is 3. The number of nitrogens with zero attached hydrogens (tertiary/aromatic N) is 1. The zero-order valence-electron chi connectivity index (χ0n) is 22.3. The summed E-state index contributed by atoms with van der Waals surface area (Å²) in [6.45, 7) is 0.0351. The molecule has 6 heteroatoms. The van der Waals surface area contributed by atoms with Gasteiger partial charge in [-0.05, 0) is 63.7 Å².